The summed E-state index contributed by atoms with van der Waals surface area (Å²) < 4.78 is 39.0. The van der Waals surface area contributed by atoms with E-state index in [9.17, 15) is 18.0 Å². The summed E-state index contributed by atoms with van der Waals surface area (Å²) in [5.74, 6) is 1.88. The van der Waals surface area contributed by atoms with Crippen molar-refractivity contribution in [2.45, 2.75) is 50.1 Å². The van der Waals surface area contributed by atoms with Crippen molar-refractivity contribution in [3.63, 3.8) is 0 Å². The Labute approximate surface area is 193 Å². The van der Waals surface area contributed by atoms with E-state index in [1.165, 1.54) is 62.0 Å². The Kier molecular flexibility index (Phi) is 4.57. The Bertz CT molecular complexity index is 1230. The molecule has 172 valence electrons. The molecule has 2 heterocycles. The quantitative estimate of drug-likeness (QED) is 0.451. The van der Waals surface area contributed by atoms with Crippen molar-refractivity contribution in [3.05, 3.63) is 52.5 Å². The molecule has 4 saturated carbocycles. The van der Waals surface area contributed by atoms with Crippen LogP contribution in [-0.4, -0.2) is 10.9 Å². The number of nitrogen functional groups attached to an aromatic ring is 1. The molecular formula is C25H24F3N3OS. The van der Waals surface area contributed by atoms with E-state index in [0.29, 0.717) is 5.69 Å². The van der Waals surface area contributed by atoms with Gasteiger partial charge in [-0.25, -0.2) is 4.98 Å². The molecule has 0 radical (unpaired) electrons. The maximum atomic E-state index is 13.0. The molecule has 4 nitrogen and oxygen atoms in total. The van der Waals surface area contributed by atoms with Gasteiger partial charge in [-0.05, 0) is 86.6 Å². The van der Waals surface area contributed by atoms with Crippen molar-refractivity contribution in [2.24, 2.45) is 17.8 Å². The number of amides is 1. The number of nitrogens with zero attached hydrogens (tertiary/aromatic N) is 1. The summed E-state index contributed by atoms with van der Waals surface area (Å²) in [6.45, 7) is 0. The molecule has 7 rings (SSSR count). The Morgan fingerprint density at radius 2 is 1.73 bits per heavy atom. The molecular weight excluding hydrogens is 447 g/mol. The van der Waals surface area contributed by atoms with Gasteiger partial charge in [0.2, 0.25) is 0 Å². The van der Waals surface area contributed by atoms with Crippen LogP contribution in [0.25, 0.3) is 10.2 Å². The topological polar surface area (TPSA) is 68.0 Å². The molecule has 3 N–H and O–H groups in total. The van der Waals surface area contributed by atoms with Gasteiger partial charge in [-0.1, -0.05) is 6.07 Å². The first-order chi connectivity index (χ1) is 15.7. The van der Waals surface area contributed by atoms with E-state index < -0.39 is 17.6 Å². The first-order valence-electron chi connectivity index (χ1n) is 11.4. The molecule has 2 aromatic heterocycles. The average Bonchev–Trinajstić information content (AvgIpc) is 3.08. The van der Waals surface area contributed by atoms with Gasteiger partial charge in [0.15, 0.2) is 0 Å². The fraction of sp³-hybridized carbons (Fsp3) is 0.440. The minimum absolute atomic E-state index is 0.0777. The molecule has 3 aromatic rings. The number of fused-ring (bicyclic) bond motifs is 1. The van der Waals surface area contributed by atoms with E-state index in [2.05, 4.69) is 11.4 Å². The number of alkyl halides is 3. The fourth-order valence-corrected chi connectivity index (χ4v) is 7.84. The first-order valence-corrected chi connectivity index (χ1v) is 12.2. The van der Waals surface area contributed by atoms with Crippen molar-refractivity contribution in [1.82, 2.24) is 4.98 Å². The highest BCUT2D eigenvalue weighted by atomic mass is 32.1. The van der Waals surface area contributed by atoms with Crippen LogP contribution in [0.3, 0.4) is 0 Å². The smallest absolute Gasteiger partial charge is 0.397 e. The predicted octanol–water partition coefficient (Wildman–Crippen LogP) is 6.62. The van der Waals surface area contributed by atoms with Gasteiger partial charge in [-0.15, -0.1) is 11.3 Å². The van der Waals surface area contributed by atoms with Crippen LogP contribution < -0.4 is 11.1 Å². The number of halogens is 3. The van der Waals surface area contributed by atoms with E-state index in [1.54, 1.807) is 0 Å². The van der Waals surface area contributed by atoms with Crippen LogP contribution >= 0.6 is 11.3 Å². The molecule has 0 saturated heterocycles. The number of pyridine rings is 1. The van der Waals surface area contributed by atoms with Gasteiger partial charge in [0.1, 0.15) is 9.71 Å². The van der Waals surface area contributed by atoms with Crippen molar-refractivity contribution in [3.8, 4) is 0 Å². The summed E-state index contributed by atoms with van der Waals surface area (Å²) in [6, 6.07) is 8.63. The summed E-state index contributed by atoms with van der Waals surface area (Å²) in [6.07, 6.45) is 3.17. The second-order valence-corrected chi connectivity index (χ2v) is 11.1. The third-order valence-electron chi connectivity index (χ3n) is 7.83. The standard InChI is InChI=1S/C25H24F3N3OS/c26-25(27,28)16-2-1-3-17(9-16)30-22(32)21-20(29)18-4-5-19(31-23(18)33-21)24-10-13-6-14(11-24)8-15(7-13)12-24/h1-5,9,13-15H,6-8,10-12,29H2,(H,30,32). The minimum Gasteiger partial charge on any atom is -0.397 e. The molecule has 4 bridgehead atoms. The fourth-order valence-electron chi connectivity index (χ4n) is 6.85. The monoisotopic (exact) mass is 471 g/mol. The maximum Gasteiger partial charge on any atom is 0.416 e. The number of hydrogen-bond acceptors (Lipinski definition) is 4. The molecule has 0 spiro atoms. The van der Waals surface area contributed by atoms with Crippen LogP contribution in [0.15, 0.2) is 36.4 Å². The lowest BCUT2D eigenvalue weighted by Crippen LogP contribution is -2.48. The lowest BCUT2D eigenvalue weighted by atomic mass is 9.49. The average molecular weight is 472 g/mol. The molecule has 33 heavy (non-hydrogen) atoms. The zero-order valence-corrected chi connectivity index (χ0v) is 18.7. The number of carbonyl (C=O) groups is 1. The zero-order chi connectivity index (χ0) is 23.0. The Morgan fingerprint density at radius 1 is 1.06 bits per heavy atom. The highest BCUT2D eigenvalue weighted by Crippen LogP contribution is 2.60. The normalized spacial score (nSPS) is 28.4. The minimum atomic E-state index is -4.48. The van der Waals surface area contributed by atoms with Crippen LogP contribution in [0, 0.1) is 17.8 Å². The zero-order valence-electron chi connectivity index (χ0n) is 17.9. The summed E-state index contributed by atoms with van der Waals surface area (Å²) in [4.78, 5) is 18.9. The first kappa shape index (κ1) is 21.0. The number of nitrogens with one attached hydrogen (secondary N) is 1. The largest absolute Gasteiger partial charge is 0.416 e. The number of carbonyl (C=O) groups excluding carboxylic acids is 1. The number of aromatic nitrogens is 1. The SMILES string of the molecule is Nc1c(C(=O)Nc2cccc(C(F)(F)F)c2)sc2nc(C34CC5CC(CC(C5)C3)C4)ccc12. The molecule has 1 amide bonds. The summed E-state index contributed by atoms with van der Waals surface area (Å²) in [5, 5.41) is 3.28. The number of nitrogens with two attached hydrogens (primary N) is 1. The van der Waals surface area contributed by atoms with Gasteiger partial charge in [0, 0.05) is 22.2 Å². The van der Waals surface area contributed by atoms with Gasteiger partial charge in [0.25, 0.3) is 5.91 Å². The van der Waals surface area contributed by atoms with Crippen LogP contribution in [0.4, 0.5) is 24.5 Å². The summed E-state index contributed by atoms with van der Waals surface area (Å²) in [7, 11) is 0. The second-order valence-electron chi connectivity index (χ2n) is 10.1. The van der Waals surface area contributed by atoms with E-state index >= 15 is 0 Å². The number of benzene rings is 1. The summed E-state index contributed by atoms with van der Waals surface area (Å²) >= 11 is 1.21. The van der Waals surface area contributed by atoms with Gasteiger partial charge in [0.05, 0.1) is 11.3 Å². The van der Waals surface area contributed by atoms with Gasteiger partial charge in [-0.3, -0.25) is 4.79 Å². The third-order valence-corrected chi connectivity index (χ3v) is 8.94. The van der Waals surface area contributed by atoms with Crippen molar-refractivity contribution in [2.75, 3.05) is 11.1 Å². The molecule has 4 aliphatic rings. The highest BCUT2D eigenvalue weighted by Gasteiger charge is 2.52. The second kappa shape index (κ2) is 7.19. The van der Waals surface area contributed by atoms with Crippen molar-refractivity contribution >= 4 is 38.8 Å². The summed E-state index contributed by atoms with van der Waals surface area (Å²) in [5.41, 5.74) is 7.12. The van der Waals surface area contributed by atoms with Crippen LogP contribution in [-0.2, 0) is 11.6 Å². The Morgan fingerprint density at radius 3 is 2.36 bits per heavy atom. The molecule has 0 unspecified atom stereocenters. The number of anilines is 2. The molecule has 0 aliphatic heterocycles. The van der Waals surface area contributed by atoms with Crippen molar-refractivity contribution in [1.29, 1.82) is 0 Å². The molecule has 4 fully saturated rings. The van der Waals surface area contributed by atoms with Crippen LogP contribution in [0.1, 0.15) is 59.5 Å². The lowest BCUT2D eigenvalue weighted by Gasteiger charge is -2.56. The van der Waals surface area contributed by atoms with E-state index in [4.69, 9.17) is 10.7 Å². The van der Waals surface area contributed by atoms with Crippen LogP contribution in [0.2, 0.25) is 0 Å². The van der Waals surface area contributed by atoms with Crippen molar-refractivity contribution < 1.29 is 18.0 Å². The van der Waals surface area contributed by atoms with Gasteiger partial charge in [-0.2, -0.15) is 13.2 Å². The number of hydrogen-bond donors (Lipinski definition) is 2. The van der Waals surface area contributed by atoms with Crippen LogP contribution in [0.5, 0.6) is 0 Å². The number of rotatable bonds is 3. The Hall–Kier alpha value is -2.61. The molecule has 0 atom stereocenters. The molecule has 8 heteroatoms. The van der Waals surface area contributed by atoms with Gasteiger partial charge >= 0.3 is 6.18 Å². The predicted molar refractivity (Wildman–Crippen MR) is 123 cm³/mol. The lowest BCUT2D eigenvalue weighted by molar-refractivity contribution is -0.137. The van der Waals surface area contributed by atoms with E-state index in [-0.39, 0.29) is 16.0 Å². The number of thiophene rings is 1. The Balaban J connectivity index is 1.30. The maximum absolute atomic E-state index is 13.0. The van der Waals surface area contributed by atoms with E-state index in [0.717, 1.165) is 45.8 Å². The highest BCUT2D eigenvalue weighted by molar-refractivity contribution is 7.21. The third kappa shape index (κ3) is 3.50. The molecule has 1 aromatic carbocycles. The van der Waals surface area contributed by atoms with Gasteiger partial charge < -0.3 is 11.1 Å². The van der Waals surface area contributed by atoms with E-state index in [1.807, 2.05) is 6.07 Å². The molecule has 4 aliphatic carbocycles.